The molecular formula is C18H24N2O6S. The summed E-state index contributed by atoms with van der Waals surface area (Å²) in [5.41, 5.74) is -1.04. The second kappa shape index (κ2) is 7.67. The summed E-state index contributed by atoms with van der Waals surface area (Å²) in [6.45, 7) is 2.93. The van der Waals surface area contributed by atoms with Crippen molar-refractivity contribution < 1.29 is 27.5 Å². The van der Waals surface area contributed by atoms with Crippen molar-refractivity contribution in [3.8, 4) is 0 Å². The number of hydrogen-bond donors (Lipinski definition) is 1. The van der Waals surface area contributed by atoms with Crippen molar-refractivity contribution in [2.45, 2.75) is 26.3 Å². The molecule has 0 radical (unpaired) electrons. The smallest absolute Gasteiger partial charge is 0.339 e. The van der Waals surface area contributed by atoms with Crippen LogP contribution in [0.2, 0.25) is 0 Å². The van der Waals surface area contributed by atoms with Crippen LogP contribution in [0.4, 0.5) is 5.69 Å². The van der Waals surface area contributed by atoms with E-state index in [1.54, 1.807) is 12.1 Å². The number of carbonyl (C=O) groups is 3. The van der Waals surface area contributed by atoms with Crippen LogP contribution in [0.15, 0.2) is 24.3 Å². The molecule has 8 nitrogen and oxygen atoms in total. The summed E-state index contributed by atoms with van der Waals surface area (Å²) >= 11 is 0. The van der Waals surface area contributed by atoms with Crippen LogP contribution in [0.5, 0.6) is 0 Å². The fraction of sp³-hybridized carbons (Fsp3) is 0.500. The van der Waals surface area contributed by atoms with Gasteiger partial charge in [0.25, 0.3) is 0 Å². The van der Waals surface area contributed by atoms with E-state index in [9.17, 15) is 22.8 Å². The molecule has 0 spiro atoms. The molecule has 0 bridgehead atoms. The maximum atomic E-state index is 12.8. The van der Waals surface area contributed by atoms with Gasteiger partial charge in [-0.1, -0.05) is 12.1 Å². The number of rotatable bonds is 5. The number of ether oxygens (including phenoxy) is 1. The Hall–Kier alpha value is -2.42. The molecule has 1 fully saturated rings. The van der Waals surface area contributed by atoms with E-state index in [0.717, 1.165) is 0 Å². The molecule has 148 valence electrons. The molecule has 1 heterocycles. The molecule has 9 heteroatoms. The molecule has 2 rings (SSSR count). The first-order valence-electron chi connectivity index (χ1n) is 8.46. The third kappa shape index (κ3) is 4.47. The Kier molecular flexibility index (Phi) is 5.94. The Labute approximate surface area is 158 Å². The number of sulfone groups is 1. The molecule has 1 aromatic rings. The maximum Gasteiger partial charge on any atom is 0.339 e. The molecular weight excluding hydrogens is 372 g/mol. The van der Waals surface area contributed by atoms with Crippen molar-refractivity contribution in [1.29, 1.82) is 0 Å². The van der Waals surface area contributed by atoms with Gasteiger partial charge in [-0.3, -0.25) is 9.59 Å². The lowest BCUT2D eigenvalue weighted by Gasteiger charge is -2.31. The van der Waals surface area contributed by atoms with Gasteiger partial charge in [0, 0.05) is 13.1 Å². The van der Waals surface area contributed by atoms with Crippen LogP contribution in [-0.4, -0.2) is 62.8 Å². The lowest BCUT2D eigenvalue weighted by Crippen LogP contribution is -2.49. The highest BCUT2D eigenvalue weighted by molar-refractivity contribution is 7.91. The van der Waals surface area contributed by atoms with Gasteiger partial charge in [0.05, 0.1) is 29.9 Å². The molecule has 27 heavy (non-hydrogen) atoms. The van der Waals surface area contributed by atoms with Crippen molar-refractivity contribution in [3.63, 3.8) is 0 Å². The molecule has 0 saturated carbocycles. The first kappa shape index (κ1) is 20.9. The van der Waals surface area contributed by atoms with Crippen LogP contribution < -0.4 is 5.32 Å². The fourth-order valence-corrected chi connectivity index (χ4v) is 4.72. The molecule has 0 aliphatic carbocycles. The first-order chi connectivity index (χ1) is 12.5. The molecule has 1 saturated heterocycles. The summed E-state index contributed by atoms with van der Waals surface area (Å²) in [4.78, 5) is 38.8. The summed E-state index contributed by atoms with van der Waals surface area (Å²) in [7, 11) is -0.412. The van der Waals surface area contributed by atoms with Crippen molar-refractivity contribution in [3.05, 3.63) is 29.8 Å². The maximum absolute atomic E-state index is 12.8. The summed E-state index contributed by atoms with van der Waals surface area (Å²) in [6.07, 6.45) is 0.355. The van der Waals surface area contributed by atoms with E-state index in [1.807, 2.05) is 0 Å². The van der Waals surface area contributed by atoms with Crippen LogP contribution >= 0.6 is 0 Å². The molecule has 1 aromatic carbocycles. The van der Waals surface area contributed by atoms with Crippen LogP contribution in [0, 0.1) is 5.41 Å². The van der Waals surface area contributed by atoms with Gasteiger partial charge in [0.15, 0.2) is 9.84 Å². The highest BCUT2D eigenvalue weighted by atomic mass is 32.2. The Bertz CT molecular complexity index is 862. The summed E-state index contributed by atoms with van der Waals surface area (Å²) in [6, 6.07) is 5.87. The third-order valence-corrected chi connectivity index (χ3v) is 6.51. The second-order valence-electron chi connectivity index (χ2n) is 7.09. The molecule has 0 aromatic heterocycles. The molecule has 1 aliphatic heterocycles. The van der Waals surface area contributed by atoms with Crippen LogP contribution in [-0.2, 0) is 24.2 Å². The van der Waals surface area contributed by atoms with Gasteiger partial charge >= 0.3 is 5.97 Å². The van der Waals surface area contributed by atoms with E-state index < -0.39 is 39.1 Å². The average molecular weight is 396 g/mol. The Morgan fingerprint density at radius 1 is 1.22 bits per heavy atom. The number of amides is 2. The van der Waals surface area contributed by atoms with Crippen LogP contribution in [0.1, 0.15) is 30.6 Å². The highest BCUT2D eigenvalue weighted by Gasteiger charge is 2.42. The number of anilines is 1. The Morgan fingerprint density at radius 3 is 2.41 bits per heavy atom. The lowest BCUT2D eigenvalue weighted by atomic mass is 9.89. The molecule has 1 aliphatic rings. The number of nitrogens with zero attached hydrogens (tertiary/aromatic N) is 1. The van der Waals surface area contributed by atoms with Gasteiger partial charge < -0.3 is 15.0 Å². The zero-order chi connectivity index (χ0) is 20.4. The largest absolute Gasteiger partial charge is 0.465 e. The van der Waals surface area contributed by atoms with Crippen molar-refractivity contribution in [2.24, 2.45) is 5.41 Å². The number of hydrogen-bond acceptors (Lipinski definition) is 6. The van der Waals surface area contributed by atoms with Gasteiger partial charge in [-0.25, -0.2) is 13.2 Å². The molecule has 1 atom stereocenters. The Morgan fingerprint density at radius 2 is 1.85 bits per heavy atom. The normalized spacial score (nSPS) is 18.6. The van der Waals surface area contributed by atoms with Crippen LogP contribution in [0.25, 0.3) is 0 Å². The lowest BCUT2D eigenvalue weighted by molar-refractivity contribution is -0.146. The number of esters is 1. The van der Waals surface area contributed by atoms with Gasteiger partial charge in [-0.15, -0.1) is 0 Å². The van der Waals surface area contributed by atoms with Crippen molar-refractivity contribution >= 4 is 33.3 Å². The summed E-state index contributed by atoms with van der Waals surface area (Å²) < 4.78 is 28.0. The van der Waals surface area contributed by atoms with E-state index in [2.05, 4.69) is 5.32 Å². The summed E-state index contributed by atoms with van der Waals surface area (Å²) in [5.74, 6) is -1.76. The monoisotopic (exact) mass is 396 g/mol. The third-order valence-electron chi connectivity index (χ3n) is 4.76. The van der Waals surface area contributed by atoms with Gasteiger partial charge in [0.1, 0.15) is 5.41 Å². The predicted octanol–water partition coefficient (Wildman–Crippen LogP) is 1.08. The van der Waals surface area contributed by atoms with Gasteiger partial charge in [-0.05, 0) is 32.4 Å². The van der Waals surface area contributed by atoms with Gasteiger partial charge in [-0.2, -0.15) is 0 Å². The van der Waals surface area contributed by atoms with E-state index in [-0.39, 0.29) is 22.8 Å². The number of methoxy groups -OCH3 is 1. The SMILES string of the molecule is COC(=O)c1ccccc1NC(=O)C(C)(C)C(=O)N(C)C1CCS(=O)(=O)C1. The Balaban J connectivity index is 2.18. The molecule has 1 N–H and O–H groups in total. The molecule has 2 amide bonds. The van der Waals surface area contributed by atoms with E-state index in [4.69, 9.17) is 4.74 Å². The summed E-state index contributed by atoms with van der Waals surface area (Å²) in [5, 5.41) is 2.60. The van der Waals surface area contributed by atoms with Gasteiger partial charge in [0.2, 0.25) is 11.8 Å². The molecule has 1 unspecified atom stereocenters. The quantitative estimate of drug-likeness (QED) is 0.589. The first-order valence-corrected chi connectivity index (χ1v) is 10.3. The zero-order valence-electron chi connectivity index (χ0n) is 15.8. The van der Waals surface area contributed by atoms with E-state index in [1.165, 1.54) is 45.0 Å². The van der Waals surface area contributed by atoms with Crippen LogP contribution in [0.3, 0.4) is 0 Å². The predicted molar refractivity (Wildman–Crippen MR) is 100 cm³/mol. The van der Waals surface area contributed by atoms with E-state index in [0.29, 0.717) is 6.42 Å². The number of nitrogens with one attached hydrogen (secondary N) is 1. The topological polar surface area (TPSA) is 110 Å². The second-order valence-corrected chi connectivity index (χ2v) is 9.32. The zero-order valence-corrected chi connectivity index (χ0v) is 16.6. The van der Waals surface area contributed by atoms with E-state index >= 15 is 0 Å². The minimum absolute atomic E-state index is 0.0361. The fourth-order valence-electron chi connectivity index (χ4n) is 2.94. The number of para-hydroxylation sites is 1. The number of carbonyl (C=O) groups excluding carboxylic acids is 3. The average Bonchev–Trinajstić information content (AvgIpc) is 2.99. The van der Waals surface area contributed by atoms with Crippen molar-refractivity contribution in [1.82, 2.24) is 4.90 Å². The minimum atomic E-state index is -3.15. The standard InChI is InChI=1S/C18H24N2O6S/c1-18(2,17(23)20(3)12-9-10-27(24,25)11-12)16(22)19-14-8-6-5-7-13(14)15(21)26-4/h5-8,12H,9-11H2,1-4H3,(H,19,22). The minimum Gasteiger partial charge on any atom is -0.465 e. The number of benzene rings is 1. The van der Waals surface area contributed by atoms with Crippen molar-refractivity contribution in [2.75, 3.05) is 31.0 Å². The highest BCUT2D eigenvalue weighted by Crippen LogP contribution is 2.26.